The second-order valence-electron chi connectivity index (χ2n) is 25.0. The minimum absolute atomic E-state index is 0.0384. The topological polar surface area (TPSA) is 158 Å². The molecule has 3 amide bonds. The summed E-state index contributed by atoms with van der Waals surface area (Å²) >= 11 is 0. The minimum atomic E-state index is -1.38. The number of hydrogen-bond donors (Lipinski definition) is 3. The number of benzene rings is 2. The molecule has 3 atom stereocenters. The van der Waals surface area contributed by atoms with Gasteiger partial charge >= 0.3 is 24.1 Å². The summed E-state index contributed by atoms with van der Waals surface area (Å²) in [6.07, 6.45) is 42.0. The van der Waals surface area contributed by atoms with Crippen molar-refractivity contribution in [3.05, 3.63) is 84.0 Å². The van der Waals surface area contributed by atoms with Crippen molar-refractivity contribution in [2.45, 2.75) is 303 Å². The summed E-state index contributed by atoms with van der Waals surface area (Å²) < 4.78 is 23.3. The molecule has 82 heavy (non-hydrogen) atoms. The molecule has 0 aliphatic heterocycles. The largest absolute Gasteiger partial charge is 0.461 e. The Kier molecular flexibility index (Phi) is 37.0. The molecule has 0 saturated carbocycles. The molecular weight excluding hydrogens is 1030 g/mol. The number of esters is 2. The molecule has 462 valence electrons. The molecule has 0 heterocycles. The summed E-state index contributed by atoms with van der Waals surface area (Å²) in [5.41, 5.74) is 2.78. The van der Waals surface area contributed by atoms with Gasteiger partial charge in [0.25, 0.3) is 0 Å². The Morgan fingerprint density at radius 2 is 0.915 bits per heavy atom. The van der Waals surface area contributed by atoms with Gasteiger partial charge in [-0.2, -0.15) is 0 Å². The van der Waals surface area contributed by atoms with Crippen LogP contribution in [0.15, 0.2) is 72.8 Å². The molecule has 3 rings (SSSR count). The molecule has 3 N–H and O–H groups in total. The first kappa shape index (κ1) is 71.1. The number of amides is 3. The highest BCUT2D eigenvalue weighted by Crippen LogP contribution is 2.44. The SMILES string of the molecule is CCCCCCCC/C=C\CCCCCCCCC(CCCCCCC/C=C\CCCCCCCC)OC(=O)C(CC(=O)OC(C)(C)C)NC(=O)C(CCCCNC(=O)OC(C)(C)C)NC(=O)OCC1c2ccccc2-c2ccccc21. The molecule has 12 nitrogen and oxygen atoms in total. The fourth-order valence-electron chi connectivity index (χ4n) is 10.6. The van der Waals surface area contributed by atoms with Gasteiger partial charge in [-0.1, -0.05) is 196 Å². The highest BCUT2D eigenvalue weighted by molar-refractivity contribution is 5.91. The van der Waals surface area contributed by atoms with Crippen LogP contribution in [0, 0.1) is 0 Å². The van der Waals surface area contributed by atoms with Crippen LogP contribution in [-0.4, -0.2) is 72.6 Å². The summed E-state index contributed by atoms with van der Waals surface area (Å²) in [5, 5.41) is 8.34. The molecule has 0 aromatic heterocycles. The summed E-state index contributed by atoms with van der Waals surface area (Å²) in [7, 11) is 0. The molecule has 0 radical (unpaired) electrons. The Morgan fingerprint density at radius 3 is 1.38 bits per heavy atom. The Labute approximate surface area is 497 Å². The van der Waals surface area contributed by atoms with Gasteiger partial charge in [0.05, 0.1) is 6.42 Å². The predicted molar refractivity (Wildman–Crippen MR) is 336 cm³/mol. The number of allylic oxidation sites excluding steroid dienone is 4. The zero-order valence-corrected chi connectivity index (χ0v) is 52.7. The summed E-state index contributed by atoms with van der Waals surface area (Å²) in [6.45, 7) is 15.5. The average Bonchev–Trinajstić information content (AvgIpc) is 4.02. The summed E-state index contributed by atoms with van der Waals surface area (Å²) in [6, 6.07) is 13.6. The van der Waals surface area contributed by atoms with E-state index in [9.17, 15) is 24.0 Å². The second-order valence-corrected chi connectivity index (χ2v) is 25.0. The van der Waals surface area contributed by atoms with Gasteiger partial charge in [0.15, 0.2) is 0 Å². The van der Waals surface area contributed by atoms with Crippen LogP contribution in [0.1, 0.15) is 284 Å². The van der Waals surface area contributed by atoms with Crippen molar-refractivity contribution < 1.29 is 42.9 Å². The van der Waals surface area contributed by atoms with Crippen LogP contribution in [0.3, 0.4) is 0 Å². The normalized spacial score (nSPS) is 13.6. The van der Waals surface area contributed by atoms with E-state index >= 15 is 0 Å². The number of fused-ring (bicyclic) bond motifs is 3. The standard InChI is InChI=1S/C70H113N3O9/c1-9-11-13-15-17-19-21-23-25-27-29-31-33-35-37-39-47-56(46-38-36-34-32-30-28-26-24-22-20-18-16-14-12-10-2)80-66(76)63(54-64(74)81-69(3,4)5)72-65(75)62(52-44-45-53-71-67(77)82-70(6,7)8)73-68(78)79-55-61-59-50-42-40-48-57(59)58-49-41-43-51-60(58)61/h23-26,40-43,48-51,56,61-63H,9-22,27-39,44-47,52-55H2,1-8H3,(H,71,77)(H,72,75)(H,73,78)/b25-23-,26-24-. The van der Waals surface area contributed by atoms with Crippen LogP contribution in [0.25, 0.3) is 11.1 Å². The van der Waals surface area contributed by atoms with Crippen molar-refractivity contribution in [2.24, 2.45) is 0 Å². The van der Waals surface area contributed by atoms with Gasteiger partial charge in [-0.05, 0) is 160 Å². The van der Waals surface area contributed by atoms with E-state index < -0.39 is 59.7 Å². The monoisotopic (exact) mass is 1140 g/mol. The molecule has 0 bridgehead atoms. The zero-order valence-electron chi connectivity index (χ0n) is 52.7. The van der Waals surface area contributed by atoms with Crippen molar-refractivity contribution in [1.82, 2.24) is 16.0 Å². The highest BCUT2D eigenvalue weighted by atomic mass is 16.6. The first-order chi connectivity index (χ1) is 39.5. The number of ether oxygens (including phenoxy) is 4. The number of hydrogen-bond acceptors (Lipinski definition) is 9. The predicted octanol–water partition coefficient (Wildman–Crippen LogP) is 18.2. The van der Waals surface area contributed by atoms with Crippen molar-refractivity contribution in [3.8, 4) is 11.1 Å². The Bertz CT molecular complexity index is 2090. The van der Waals surface area contributed by atoms with Crippen molar-refractivity contribution >= 4 is 30.0 Å². The number of unbranched alkanes of at least 4 members (excludes halogenated alkanes) is 24. The second kappa shape index (κ2) is 42.6. The lowest BCUT2D eigenvalue weighted by Crippen LogP contribution is -2.53. The van der Waals surface area contributed by atoms with E-state index in [1.165, 1.54) is 109 Å². The third-order valence-electron chi connectivity index (χ3n) is 15.0. The van der Waals surface area contributed by atoms with E-state index in [0.717, 1.165) is 86.5 Å². The lowest BCUT2D eigenvalue weighted by molar-refractivity contribution is -0.162. The maximum atomic E-state index is 14.5. The molecular formula is C70H113N3O9. The first-order valence-electron chi connectivity index (χ1n) is 32.6. The Morgan fingerprint density at radius 1 is 0.488 bits per heavy atom. The van der Waals surface area contributed by atoms with Gasteiger partial charge in [-0.25, -0.2) is 14.4 Å². The van der Waals surface area contributed by atoms with Crippen molar-refractivity contribution in [1.29, 1.82) is 0 Å². The highest BCUT2D eigenvalue weighted by Gasteiger charge is 2.34. The molecule has 0 saturated heterocycles. The van der Waals surface area contributed by atoms with Crippen LogP contribution in [0.4, 0.5) is 9.59 Å². The number of carbonyl (C=O) groups is 5. The van der Waals surface area contributed by atoms with Crippen LogP contribution >= 0.6 is 0 Å². The maximum absolute atomic E-state index is 14.5. The summed E-state index contributed by atoms with van der Waals surface area (Å²) in [5.74, 6) is -2.23. The molecule has 2 aromatic rings. The van der Waals surface area contributed by atoms with Gasteiger partial charge in [-0.15, -0.1) is 0 Å². The third-order valence-corrected chi connectivity index (χ3v) is 15.0. The lowest BCUT2D eigenvalue weighted by atomic mass is 9.98. The Hall–Kier alpha value is -5.13. The molecule has 1 aliphatic carbocycles. The summed E-state index contributed by atoms with van der Waals surface area (Å²) in [4.78, 5) is 68.6. The van der Waals surface area contributed by atoms with E-state index in [4.69, 9.17) is 18.9 Å². The van der Waals surface area contributed by atoms with Gasteiger partial charge in [-0.3, -0.25) is 9.59 Å². The van der Waals surface area contributed by atoms with Crippen LogP contribution in [0.5, 0.6) is 0 Å². The molecule has 1 aliphatic rings. The minimum Gasteiger partial charge on any atom is -0.461 e. The average molecular weight is 1140 g/mol. The van der Waals surface area contributed by atoms with Gasteiger partial charge in [0.2, 0.25) is 5.91 Å². The van der Waals surface area contributed by atoms with E-state index in [-0.39, 0.29) is 31.6 Å². The number of nitrogens with one attached hydrogen (secondary N) is 3. The fourth-order valence-corrected chi connectivity index (χ4v) is 10.6. The molecule has 0 spiro atoms. The van der Waals surface area contributed by atoms with Crippen LogP contribution in [-0.2, 0) is 33.3 Å². The zero-order chi connectivity index (χ0) is 59.7. The van der Waals surface area contributed by atoms with Crippen LogP contribution in [0.2, 0.25) is 0 Å². The fraction of sp³-hybridized carbons (Fsp3) is 0.700. The van der Waals surface area contributed by atoms with Gasteiger partial charge in [0.1, 0.15) is 36.0 Å². The van der Waals surface area contributed by atoms with Crippen molar-refractivity contribution in [3.63, 3.8) is 0 Å². The van der Waals surface area contributed by atoms with E-state index in [1.807, 2.05) is 36.4 Å². The maximum Gasteiger partial charge on any atom is 0.407 e. The Balaban J connectivity index is 1.69. The van der Waals surface area contributed by atoms with Gasteiger partial charge < -0.3 is 34.9 Å². The van der Waals surface area contributed by atoms with Crippen molar-refractivity contribution in [2.75, 3.05) is 13.2 Å². The molecule has 0 fully saturated rings. The smallest absolute Gasteiger partial charge is 0.407 e. The quantitative estimate of drug-likeness (QED) is 0.0254. The van der Waals surface area contributed by atoms with E-state index in [0.29, 0.717) is 25.7 Å². The number of alkyl carbamates (subject to hydrolysis) is 2. The van der Waals surface area contributed by atoms with Crippen LogP contribution < -0.4 is 16.0 Å². The van der Waals surface area contributed by atoms with E-state index in [1.54, 1.807) is 41.5 Å². The molecule has 2 aromatic carbocycles. The van der Waals surface area contributed by atoms with E-state index in [2.05, 4.69) is 66.2 Å². The third kappa shape index (κ3) is 33.2. The first-order valence-corrected chi connectivity index (χ1v) is 32.6. The lowest BCUT2D eigenvalue weighted by Gasteiger charge is -2.26. The molecule has 3 unspecified atom stereocenters. The van der Waals surface area contributed by atoms with Gasteiger partial charge in [0, 0.05) is 12.5 Å². The molecule has 12 heteroatoms. The number of rotatable bonds is 45. The number of carbonyl (C=O) groups excluding carboxylic acids is 5.